The van der Waals surface area contributed by atoms with E-state index in [1.165, 1.54) is 49.6 Å². The summed E-state index contributed by atoms with van der Waals surface area (Å²) >= 11 is 6.34. The molecule has 3 rings (SSSR count). The summed E-state index contributed by atoms with van der Waals surface area (Å²) in [7, 11) is 1.25. The molecule has 0 aliphatic rings. The molecule has 0 fully saturated rings. The number of benzene rings is 2. The molecular formula is C21H17ClF2N2O5. The topological polar surface area (TPSA) is 90.5 Å². The average molecular weight is 451 g/mol. The summed E-state index contributed by atoms with van der Waals surface area (Å²) in [6.07, 6.45) is 1.48. The van der Waals surface area contributed by atoms with Gasteiger partial charge in [0.15, 0.2) is 17.3 Å². The highest BCUT2D eigenvalue weighted by Gasteiger charge is 2.13. The van der Waals surface area contributed by atoms with E-state index >= 15 is 0 Å². The summed E-state index contributed by atoms with van der Waals surface area (Å²) in [4.78, 5) is 31.0. The monoisotopic (exact) mass is 450 g/mol. The van der Waals surface area contributed by atoms with Crippen LogP contribution in [0.25, 0.3) is 22.0 Å². The van der Waals surface area contributed by atoms with Crippen molar-refractivity contribution in [2.24, 2.45) is 0 Å². The van der Waals surface area contributed by atoms with Gasteiger partial charge in [0.2, 0.25) is 0 Å². The molecule has 0 unspecified atom stereocenters. The Bertz CT molecular complexity index is 1210. The van der Waals surface area contributed by atoms with Crippen LogP contribution in [0.2, 0.25) is 0 Å². The van der Waals surface area contributed by atoms with Gasteiger partial charge in [0.25, 0.3) is 5.56 Å². The molecule has 0 saturated carbocycles. The number of aromatic amines is 1. The highest BCUT2D eigenvalue weighted by Crippen LogP contribution is 2.31. The molecule has 162 valence electrons. The Balaban J connectivity index is 2.01. The first-order chi connectivity index (χ1) is 14.8. The quantitative estimate of drug-likeness (QED) is 0.535. The van der Waals surface area contributed by atoms with Crippen molar-refractivity contribution < 1.29 is 27.8 Å². The minimum Gasteiger partial charge on any atom is -0.490 e. The van der Waals surface area contributed by atoms with Gasteiger partial charge in [0.05, 0.1) is 35.2 Å². The van der Waals surface area contributed by atoms with Crippen molar-refractivity contribution in [1.29, 1.82) is 0 Å². The standard InChI is InChI=1S/C21H17ClF2N2O5/c1-3-30-17-9-11(4-7-16(17)31-21(23)24)8-14(22)18-25-15-10-12(20(28)29-2)5-6-13(15)19(27)26-18/h4-10,21H,3H2,1-2H3,(H,25,26,27)/b14-8-. The molecular weight excluding hydrogens is 434 g/mol. The number of methoxy groups -OCH3 is 1. The highest BCUT2D eigenvalue weighted by atomic mass is 35.5. The van der Waals surface area contributed by atoms with E-state index in [9.17, 15) is 18.4 Å². The number of carbonyl (C=O) groups is 1. The predicted octanol–water partition coefficient (Wildman–Crippen LogP) is 4.45. The van der Waals surface area contributed by atoms with E-state index in [-0.39, 0.29) is 45.4 Å². The van der Waals surface area contributed by atoms with E-state index in [0.717, 1.165) is 0 Å². The second-order valence-corrected chi connectivity index (χ2v) is 6.56. The third-order valence-corrected chi connectivity index (χ3v) is 4.42. The molecule has 0 aliphatic carbocycles. The lowest BCUT2D eigenvalue weighted by Gasteiger charge is -2.12. The van der Waals surface area contributed by atoms with Gasteiger partial charge in [-0.2, -0.15) is 8.78 Å². The molecule has 3 aromatic rings. The average Bonchev–Trinajstić information content (AvgIpc) is 2.74. The van der Waals surface area contributed by atoms with E-state index in [2.05, 4.69) is 19.4 Å². The van der Waals surface area contributed by atoms with E-state index < -0.39 is 18.1 Å². The fourth-order valence-electron chi connectivity index (χ4n) is 2.79. The van der Waals surface area contributed by atoms with Gasteiger partial charge in [-0.3, -0.25) is 4.79 Å². The summed E-state index contributed by atoms with van der Waals surface area (Å²) in [5.74, 6) is -0.504. The minimum absolute atomic E-state index is 0.0621. The van der Waals surface area contributed by atoms with E-state index in [4.69, 9.17) is 16.3 Å². The van der Waals surface area contributed by atoms with Crippen molar-refractivity contribution in [3.63, 3.8) is 0 Å². The number of hydrogen-bond donors (Lipinski definition) is 1. The van der Waals surface area contributed by atoms with Gasteiger partial charge in [-0.1, -0.05) is 17.7 Å². The molecule has 2 aromatic carbocycles. The Morgan fingerprint density at radius 1 is 1.23 bits per heavy atom. The van der Waals surface area contributed by atoms with Crippen LogP contribution < -0.4 is 15.0 Å². The zero-order valence-electron chi connectivity index (χ0n) is 16.4. The van der Waals surface area contributed by atoms with Crippen LogP contribution in [0.3, 0.4) is 0 Å². The number of alkyl halides is 2. The maximum absolute atomic E-state index is 12.6. The number of nitrogens with one attached hydrogen (secondary N) is 1. The first-order valence-corrected chi connectivity index (χ1v) is 9.41. The van der Waals surface area contributed by atoms with Gasteiger partial charge >= 0.3 is 12.6 Å². The van der Waals surface area contributed by atoms with Crippen molar-refractivity contribution >= 4 is 39.6 Å². The van der Waals surface area contributed by atoms with Crippen LogP contribution in [0.15, 0.2) is 41.2 Å². The Labute approximate surface area is 180 Å². The molecule has 0 bridgehead atoms. The second-order valence-electron chi connectivity index (χ2n) is 6.15. The number of fused-ring (bicyclic) bond motifs is 1. The highest BCUT2D eigenvalue weighted by molar-refractivity contribution is 6.50. The van der Waals surface area contributed by atoms with Crippen LogP contribution in [0.4, 0.5) is 8.78 Å². The van der Waals surface area contributed by atoms with E-state index in [1.54, 1.807) is 6.92 Å². The number of ether oxygens (including phenoxy) is 3. The molecule has 1 N–H and O–H groups in total. The second kappa shape index (κ2) is 9.57. The Kier molecular flexibility index (Phi) is 6.86. The number of hydrogen-bond acceptors (Lipinski definition) is 6. The molecule has 0 radical (unpaired) electrons. The molecule has 31 heavy (non-hydrogen) atoms. The third kappa shape index (κ3) is 5.18. The molecule has 0 atom stereocenters. The van der Waals surface area contributed by atoms with Crippen LogP contribution in [-0.4, -0.2) is 36.3 Å². The molecule has 0 spiro atoms. The first kappa shape index (κ1) is 22.2. The Morgan fingerprint density at radius 3 is 2.68 bits per heavy atom. The normalized spacial score (nSPS) is 11.6. The fraction of sp³-hybridized carbons (Fsp3) is 0.190. The number of halogens is 3. The third-order valence-electron chi connectivity index (χ3n) is 4.13. The van der Waals surface area contributed by atoms with Crippen LogP contribution in [0.5, 0.6) is 11.5 Å². The number of H-pyrrole nitrogens is 1. The van der Waals surface area contributed by atoms with Crippen molar-refractivity contribution in [3.8, 4) is 11.5 Å². The van der Waals surface area contributed by atoms with Gasteiger partial charge in [0.1, 0.15) is 0 Å². The van der Waals surface area contributed by atoms with Crippen LogP contribution in [0, 0.1) is 0 Å². The zero-order chi connectivity index (χ0) is 22.5. The maximum atomic E-state index is 12.6. The SMILES string of the molecule is CCOc1cc(/C=C(\Cl)c2nc3cc(C(=O)OC)ccc3c(=O)[nH]2)ccc1OC(F)F. The lowest BCUT2D eigenvalue weighted by atomic mass is 10.1. The summed E-state index contributed by atoms with van der Waals surface area (Å²) < 4.78 is 39.6. The molecule has 1 aromatic heterocycles. The summed E-state index contributed by atoms with van der Waals surface area (Å²) in [6, 6.07) is 8.64. The van der Waals surface area contributed by atoms with Crippen molar-refractivity contribution in [2.75, 3.05) is 13.7 Å². The van der Waals surface area contributed by atoms with Crippen molar-refractivity contribution in [3.05, 3.63) is 63.7 Å². The van der Waals surface area contributed by atoms with Crippen LogP contribution in [0.1, 0.15) is 28.7 Å². The van der Waals surface area contributed by atoms with Gasteiger partial charge in [-0.25, -0.2) is 9.78 Å². The number of esters is 1. The number of rotatable bonds is 7. The number of carbonyl (C=O) groups excluding carboxylic acids is 1. The number of nitrogens with zero attached hydrogens (tertiary/aromatic N) is 1. The smallest absolute Gasteiger partial charge is 0.387 e. The van der Waals surface area contributed by atoms with E-state index in [1.807, 2.05) is 0 Å². The molecule has 10 heteroatoms. The molecule has 0 saturated heterocycles. The maximum Gasteiger partial charge on any atom is 0.387 e. The molecule has 1 heterocycles. The molecule has 0 amide bonds. The summed E-state index contributed by atoms with van der Waals surface area (Å²) in [5.41, 5.74) is 0.541. The first-order valence-electron chi connectivity index (χ1n) is 9.04. The summed E-state index contributed by atoms with van der Waals surface area (Å²) in [5, 5.41) is 0.348. The van der Waals surface area contributed by atoms with Crippen LogP contribution >= 0.6 is 11.6 Å². The van der Waals surface area contributed by atoms with E-state index in [0.29, 0.717) is 5.56 Å². The Hall–Kier alpha value is -3.46. The molecule has 7 nitrogen and oxygen atoms in total. The van der Waals surface area contributed by atoms with Crippen molar-refractivity contribution in [2.45, 2.75) is 13.5 Å². The zero-order valence-corrected chi connectivity index (χ0v) is 17.2. The van der Waals surface area contributed by atoms with Gasteiger partial charge < -0.3 is 19.2 Å². The fourth-order valence-corrected chi connectivity index (χ4v) is 3.00. The lowest BCUT2D eigenvalue weighted by Crippen LogP contribution is -2.11. The Morgan fingerprint density at radius 2 is 2.00 bits per heavy atom. The lowest BCUT2D eigenvalue weighted by molar-refractivity contribution is -0.0514. The minimum atomic E-state index is -2.99. The summed E-state index contributed by atoms with van der Waals surface area (Å²) in [6.45, 7) is -1.05. The molecule has 0 aliphatic heterocycles. The van der Waals surface area contributed by atoms with Gasteiger partial charge in [-0.15, -0.1) is 0 Å². The van der Waals surface area contributed by atoms with Crippen molar-refractivity contribution in [1.82, 2.24) is 9.97 Å². The van der Waals surface area contributed by atoms with Gasteiger partial charge in [0, 0.05) is 0 Å². The largest absolute Gasteiger partial charge is 0.490 e. The van der Waals surface area contributed by atoms with Crippen LogP contribution in [-0.2, 0) is 4.74 Å². The number of aromatic nitrogens is 2. The predicted molar refractivity (Wildman–Crippen MR) is 112 cm³/mol. The van der Waals surface area contributed by atoms with Gasteiger partial charge in [-0.05, 0) is 48.9 Å².